The zero-order valence-electron chi connectivity index (χ0n) is 14.3. The number of carbonyl (C=O) groups excluding carboxylic acids is 1. The summed E-state index contributed by atoms with van der Waals surface area (Å²) in [6.07, 6.45) is 6.96. The number of nitrogens with two attached hydrogens (primary N) is 1. The molecule has 2 N–H and O–H groups in total. The third-order valence-electron chi connectivity index (χ3n) is 4.61. The van der Waals surface area contributed by atoms with Gasteiger partial charge in [-0.3, -0.25) is 0 Å². The molecule has 0 aromatic carbocycles. The predicted molar refractivity (Wildman–Crippen MR) is 86.7 cm³/mol. The highest BCUT2D eigenvalue weighted by Gasteiger charge is 2.29. The van der Waals surface area contributed by atoms with Gasteiger partial charge in [-0.05, 0) is 71.8 Å². The SMILES string of the molecule is CC(C)(C)OC(=O)N1CCC(OC2CCC(CN)CC2)CC1. The zero-order valence-corrected chi connectivity index (χ0v) is 14.3. The molecule has 0 radical (unpaired) electrons. The maximum atomic E-state index is 12.0. The Morgan fingerprint density at radius 2 is 1.59 bits per heavy atom. The second kappa shape index (κ2) is 7.64. The predicted octanol–water partition coefficient (Wildman–Crippen LogP) is 2.92. The fourth-order valence-corrected chi connectivity index (χ4v) is 3.28. The van der Waals surface area contributed by atoms with E-state index in [1.807, 2.05) is 20.8 Å². The molecule has 1 heterocycles. The van der Waals surface area contributed by atoms with Gasteiger partial charge in [0.25, 0.3) is 0 Å². The lowest BCUT2D eigenvalue weighted by Gasteiger charge is -2.36. The lowest BCUT2D eigenvalue weighted by atomic mass is 9.87. The standard InChI is InChI=1S/C17H32N2O3/c1-17(2,3)22-16(20)19-10-8-15(9-11-19)21-14-6-4-13(12-18)5-7-14/h13-15H,4-12,18H2,1-3H3. The van der Waals surface area contributed by atoms with Crippen LogP contribution < -0.4 is 5.73 Å². The quantitative estimate of drug-likeness (QED) is 0.870. The minimum Gasteiger partial charge on any atom is -0.444 e. The molecule has 128 valence electrons. The topological polar surface area (TPSA) is 64.8 Å². The van der Waals surface area contributed by atoms with Crippen LogP contribution in [0.5, 0.6) is 0 Å². The van der Waals surface area contributed by atoms with Gasteiger partial charge in [-0.2, -0.15) is 0 Å². The molecule has 0 spiro atoms. The number of hydrogen-bond acceptors (Lipinski definition) is 4. The number of nitrogens with zero attached hydrogens (tertiary/aromatic N) is 1. The molecule has 1 amide bonds. The van der Waals surface area contributed by atoms with Crippen LogP contribution in [-0.2, 0) is 9.47 Å². The Morgan fingerprint density at radius 1 is 1.05 bits per heavy atom. The van der Waals surface area contributed by atoms with Crippen LogP contribution in [0, 0.1) is 5.92 Å². The Balaban J connectivity index is 1.68. The fraction of sp³-hybridized carbons (Fsp3) is 0.941. The van der Waals surface area contributed by atoms with Gasteiger partial charge in [0.15, 0.2) is 0 Å². The van der Waals surface area contributed by atoms with E-state index in [2.05, 4.69) is 0 Å². The van der Waals surface area contributed by atoms with Gasteiger partial charge in [0.2, 0.25) is 0 Å². The van der Waals surface area contributed by atoms with E-state index in [0.717, 1.165) is 45.3 Å². The first kappa shape index (κ1) is 17.5. The number of amides is 1. The summed E-state index contributed by atoms with van der Waals surface area (Å²) >= 11 is 0. The van der Waals surface area contributed by atoms with Crippen LogP contribution in [0.1, 0.15) is 59.3 Å². The molecule has 0 unspecified atom stereocenters. The third-order valence-corrected chi connectivity index (χ3v) is 4.61. The van der Waals surface area contributed by atoms with Crippen LogP contribution >= 0.6 is 0 Å². The van der Waals surface area contributed by atoms with Crippen LogP contribution in [-0.4, -0.2) is 48.4 Å². The second-order valence-corrected chi connectivity index (χ2v) is 7.68. The summed E-state index contributed by atoms with van der Waals surface area (Å²) in [4.78, 5) is 13.8. The fourth-order valence-electron chi connectivity index (χ4n) is 3.28. The Morgan fingerprint density at radius 3 is 2.09 bits per heavy atom. The van der Waals surface area contributed by atoms with Gasteiger partial charge in [-0.1, -0.05) is 0 Å². The number of ether oxygens (including phenoxy) is 2. The largest absolute Gasteiger partial charge is 0.444 e. The summed E-state index contributed by atoms with van der Waals surface area (Å²) in [5, 5.41) is 0. The van der Waals surface area contributed by atoms with Gasteiger partial charge in [-0.15, -0.1) is 0 Å². The van der Waals surface area contributed by atoms with E-state index >= 15 is 0 Å². The van der Waals surface area contributed by atoms with Crippen molar-refractivity contribution in [3.05, 3.63) is 0 Å². The van der Waals surface area contributed by atoms with Crippen molar-refractivity contribution in [2.75, 3.05) is 19.6 Å². The monoisotopic (exact) mass is 312 g/mol. The average molecular weight is 312 g/mol. The van der Waals surface area contributed by atoms with Crippen molar-refractivity contribution in [1.82, 2.24) is 4.90 Å². The molecule has 2 fully saturated rings. The molecule has 0 atom stereocenters. The van der Waals surface area contributed by atoms with E-state index in [0.29, 0.717) is 12.0 Å². The van der Waals surface area contributed by atoms with E-state index in [1.165, 1.54) is 12.8 Å². The van der Waals surface area contributed by atoms with E-state index in [4.69, 9.17) is 15.2 Å². The summed E-state index contributed by atoms with van der Waals surface area (Å²) < 4.78 is 11.7. The zero-order chi connectivity index (χ0) is 16.2. The first-order chi connectivity index (χ1) is 10.4. The van der Waals surface area contributed by atoms with Crippen molar-refractivity contribution in [2.24, 2.45) is 11.7 Å². The first-order valence-electron chi connectivity index (χ1n) is 8.71. The van der Waals surface area contributed by atoms with Crippen molar-refractivity contribution in [3.63, 3.8) is 0 Å². The lowest BCUT2D eigenvalue weighted by Crippen LogP contribution is -2.44. The summed E-state index contributed by atoms with van der Waals surface area (Å²) in [5.74, 6) is 0.689. The Bertz CT molecular complexity index is 351. The molecule has 0 bridgehead atoms. The van der Waals surface area contributed by atoms with Gasteiger partial charge in [0.1, 0.15) is 5.60 Å². The Hall–Kier alpha value is -0.810. The van der Waals surface area contributed by atoms with Crippen LogP contribution in [0.25, 0.3) is 0 Å². The molecule has 0 aromatic rings. The molecule has 1 saturated heterocycles. The number of likely N-dealkylation sites (tertiary alicyclic amines) is 1. The molecule has 1 aliphatic carbocycles. The first-order valence-corrected chi connectivity index (χ1v) is 8.71. The van der Waals surface area contributed by atoms with Gasteiger partial charge < -0.3 is 20.1 Å². The smallest absolute Gasteiger partial charge is 0.410 e. The number of carbonyl (C=O) groups is 1. The van der Waals surface area contributed by atoms with Crippen molar-refractivity contribution >= 4 is 6.09 Å². The Labute approximate surface area is 134 Å². The Kier molecular flexibility index (Phi) is 6.09. The highest BCUT2D eigenvalue weighted by atomic mass is 16.6. The van der Waals surface area contributed by atoms with Gasteiger partial charge >= 0.3 is 6.09 Å². The van der Waals surface area contributed by atoms with Crippen molar-refractivity contribution in [1.29, 1.82) is 0 Å². The molecule has 5 heteroatoms. The average Bonchev–Trinajstić information content (AvgIpc) is 2.47. The third kappa shape index (κ3) is 5.43. The normalized spacial score (nSPS) is 27.7. The van der Waals surface area contributed by atoms with Crippen molar-refractivity contribution in [3.8, 4) is 0 Å². The van der Waals surface area contributed by atoms with Gasteiger partial charge in [0, 0.05) is 13.1 Å². The number of piperidine rings is 1. The molecule has 5 nitrogen and oxygen atoms in total. The van der Waals surface area contributed by atoms with Gasteiger partial charge in [-0.25, -0.2) is 4.79 Å². The highest BCUT2D eigenvalue weighted by Crippen LogP contribution is 2.28. The maximum absolute atomic E-state index is 12.0. The lowest BCUT2D eigenvalue weighted by molar-refractivity contribution is -0.0620. The van der Waals surface area contributed by atoms with Crippen LogP contribution in [0.4, 0.5) is 4.79 Å². The maximum Gasteiger partial charge on any atom is 0.410 e. The molecule has 0 aromatic heterocycles. The summed E-state index contributed by atoms with van der Waals surface area (Å²) in [5.41, 5.74) is 5.31. The summed E-state index contributed by atoms with van der Waals surface area (Å²) in [6, 6.07) is 0. The number of hydrogen-bond donors (Lipinski definition) is 1. The second-order valence-electron chi connectivity index (χ2n) is 7.68. The summed E-state index contributed by atoms with van der Waals surface area (Å²) in [6.45, 7) is 7.98. The molecule has 22 heavy (non-hydrogen) atoms. The molecule has 2 aliphatic rings. The van der Waals surface area contributed by atoms with Crippen molar-refractivity contribution < 1.29 is 14.3 Å². The van der Waals surface area contributed by atoms with E-state index < -0.39 is 5.60 Å². The number of rotatable bonds is 3. The minimum atomic E-state index is -0.425. The van der Waals surface area contributed by atoms with E-state index in [1.54, 1.807) is 4.90 Å². The molecule has 1 saturated carbocycles. The molecular formula is C17H32N2O3. The van der Waals surface area contributed by atoms with E-state index in [-0.39, 0.29) is 12.2 Å². The van der Waals surface area contributed by atoms with Gasteiger partial charge in [0.05, 0.1) is 12.2 Å². The molecule has 1 aliphatic heterocycles. The molecular weight excluding hydrogens is 280 g/mol. The molecule has 2 rings (SSSR count). The highest BCUT2D eigenvalue weighted by molar-refractivity contribution is 5.68. The summed E-state index contributed by atoms with van der Waals surface area (Å²) in [7, 11) is 0. The minimum absolute atomic E-state index is 0.200. The van der Waals surface area contributed by atoms with Crippen LogP contribution in [0.15, 0.2) is 0 Å². The van der Waals surface area contributed by atoms with Crippen LogP contribution in [0.3, 0.4) is 0 Å². The van der Waals surface area contributed by atoms with Crippen molar-refractivity contribution in [2.45, 2.75) is 77.1 Å². The van der Waals surface area contributed by atoms with Crippen LogP contribution in [0.2, 0.25) is 0 Å². The van der Waals surface area contributed by atoms with E-state index in [9.17, 15) is 4.79 Å².